The number of alkyl halides is 2. The average molecular weight is 525 g/mol. The number of methoxy groups -OCH3 is 1. The maximum Gasteiger partial charge on any atom is 0.355 e. The molecule has 13 heteroatoms. The first-order chi connectivity index (χ1) is 17.2. The molecule has 1 heterocycles. The van der Waals surface area contributed by atoms with Crippen LogP contribution in [0, 0.1) is 17.5 Å². The van der Waals surface area contributed by atoms with E-state index in [-0.39, 0.29) is 17.9 Å². The number of Topliss-reactive ketones (excluding diaryl/α,β-unsaturated/α-hetero) is 2. The van der Waals surface area contributed by atoms with E-state index in [1.807, 2.05) is 0 Å². The number of carbonyl (C=O) groups excluding carboxylic acids is 3. The summed E-state index contributed by atoms with van der Waals surface area (Å²) in [6.45, 7) is 2.22. The number of ether oxygens (including phenoxy) is 2. The summed E-state index contributed by atoms with van der Waals surface area (Å²) in [5, 5.41) is 22.0. The van der Waals surface area contributed by atoms with E-state index in [0.29, 0.717) is 0 Å². The number of rotatable bonds is 5. The highest BCUT2D eigenvalue weighted by Gasteiger charge is 2.56. The Labute approximate surface area is 204 Å². The number of carbonyl (C=O) groups is 3. The van der Waals surface area contributed by atoms with E-state index in [4.69, 9.17) is 9.47 Å². The summed E-state index contributed by atoms with van der Waals surface area (Å²) < 4.78 is 81.0. The van der Waals surface area contributed by atoms with Gasteiger partial charge in [-0.3, -0.25) is 19.7 Å². The fourth-order valence-electron chi connectivity index (χ4n) is 4.26. The maximum atomic E-state index is 14.8. The zero-order valence-electron chi connectivity index (χ0n) is 19.1. The van der Waals surface area contributed by atoms with Gasteiger partial charge in [-0.2, -0.15) is 8.78 Å². The first kappa shape index (κ1) is 25.7. The summed E-state index contributed by atoms with van der Waals surface area (Å²) in [6, 6.07) is -3.29. The maximum absolute atomic E-state index is 14.8. The van der Waals surface area contributed by atoms with Crippen molar-refractivity contribution in [1.82, 2.24) is 5.32 Å². The molecule has 2 aromatic rings. The van der Waals surface area contributed by atoms with Crippen LogP contribution in [0.5, 0.6) is 17.2 Å². The molecule has 0 saturated heterocycles. The first-order valence-electron chi connectivity index (χ1n) is 10.3. The third kappa shape index (κ3) is 3.60. The van der Waals surface area contributed by atoms with Crippen molar-refractivity contribution >= 4 is 17.5 Å². The van der Waals surface area contributed by atoms with Crippen LogP contribution in [-0.4, -0.2) is 34.8 Å². The zero-order chi connectivity index (χ0) is 27.6. The van der Waals surface area contributed by atoms with E-state index in [0.717, 1.165) is 26.2 Å². The second-order valence-corrected chi connectivity index (χ2v) is 8.31. The van der Waals surface area contributed by atoms with E-state index in [1.54, 1.807) is 0 Å². The molecule has 1 aliphatic heterocycles. The van der Waals surface area contributed by atoms with Gasteiger partial charge in [0.05, 0.1) is 18.2 Å². The van der Waals surface area contributed by atoms with Crippen LogP contribution < -0.4 is 14.8 Å². The van der Waals surface area contributed by atoms with Gasteiger partial charge in [0.15, 0.2) is 34.8 Å². The molecule has 4 rings (SSSR count). The lowest BCUT2D eigenvalue weighted by Gasteiger charge is -2.27. The van der Waals surface area contributed by atoms with Crippen molar-refractivity contribution in [1.29, 1.82) is 0 Å². The molecule has 1 aliphatic carbocycles. The van der Waals surface area contributed by atoms with Gasteiger partial charge in [-0.1, -0.05) is 0 Å². The van der Waals surface area contributed by atoms with Gasteiger partial charge in [-0.05, 0) is 26.0 Å². The number of phenolic OH excluding ortho intramolecular Hbond substituents is 1. The first-order valence-corrected chi connectivity index (χ1v) is 10.3. The zero-order valence-corrected chi connectivity index (χ0v) is 19.1. The number of allylic oxidation sites excluding steroid dienone is 3. The van der Waals surface area contributed by atoms with Crippen molar-refractivity contribution in [2.45, 2.75) is 25.3 Å². The van der Waals surface area contributed by atoms with Gasteiger partial charge >= 0.3 is 6.05 Å². The third-order valence-electron chi connectivity index (χ3n) is 6.08. The summed E-state index contributed by atoms with van der Waals surface area (Å²) in [5.41, 5.74) is -5.45. The summed E-state index contributed by atoms with van der Waals surface area (Å²) in [6.07, 6.45) is 0.900. The highest BCUT2D eigenvalue weighted by molar-refractivity contribution is 6.25. The van der Waals surface area contributed by atoms with Crippen molar-refractivity contribution in [3.05, 3.63) is 75.5 Å². The monoisotopic (exact) mass is 525 g/mol. The Kier molecular flexibility index (Phi) is 5.77. The quantitative estimate of drug-likeness (QED) is 0.235. The molecule has 1 atom stereocenters. The lowest BCUT2D eigenvalue weighted by Crippen LogP contribution is -2.40. The molecule has 37 heavy (non-hydrogen) atoms. The number of aliphatic hydroxyl groups is 1. The van der Waals surface area contributed by atoms with E-state index in [2.05, 4.69) is 0 Å². The number of nitrogens with one attached hydrogen (secondary N) is 1. The van der Waals surface area contributed by atoms with Gasteiger partial charge in [0.25, 0.3) is 5.91 Å². The van der Waals surface area contributed by atoms with Crippen LogP contribution in [0.2, 0.25) is 0 Å². The van der Waals surface area contributed by atoms with E-state index in [9.17, 15) is 46.5 Å². The summed E-state index contributed by atoms with van der Waals surface area (Å²) in [4.78, 5) is 38.2. The third-order valence-corrected chi connectivity index (χ3v) is 6.08. The Morgan fingerprint density at radius 3 is 2.38 bits per heavy atom. The van der Waals surface area contributed by atoms with Crippen LogP contribution in [0.4, 0.5) is 22.0 Å². The number of amides is 1. The highest BCUT2D eigenvalue weighted by Crippen LogP contribution is 2.56. The van der Waals surface area contributed by atoms with Crippen LogP contribution in [0.25, 0.3) is 0 Å². The molecule has 0 aromatic heterocycles. The lowest BCUT2D eigenvalue weighted by atomic mass is 9.71. The molecule has 194 valence electrons. The molecule has 2 aliphatic rings. The molecule has 0 fully saturated rings. The number of phenols is 1. The van der Waals surface area contributed by atoms with Crippen molar-refractivity contribution in [3.8, 4) is 17.2 Å². The second-order valence-electron chi connectivity index (χ2n) is 8.31. The Bertz CT molecular complexity index is 1480. The highest BCUT2D eigenvalue weighted by atomic mass is 19.3. The number of benzene rings is 2. The molecule has 2 aromatic carbocycles. The SMILES string of the molecule is COc1cc(O)c2c(c1C(=O)NC(F)(F)c1ccc(F)c(F)c1F)OC1=CC(O)=C(C(C)=O)C(=O)[C@]12C. The molecular formula is C24H16F5NO7. The molecule has 1 amide bonds. The lowest BCUT2D eigenvalue weighted by molar-refractivity contribution is -0.123. The number of ketones is 2. The Balaban J connectivity index is 1.86. The van der Waals surface area contributed by atoms with Gasteiger partial charge in [-0.15, -0.1) is 0 Å². The standard InChI is InChI=1S/C24H16F5NO7/c1-8(31)15-11(32)7-14-23(2,21(15)34)17-12(33)6-13(36-3)16(20(17)37-14)22(35)30-24(28,29)9-4-5-10(25)19(27)18(9)26/h4-7,32-33H,1-3H3,(H,30,35)/t23-/m1/s1. The number of hydrogen-bond donors (Lipinski definition) is 3. The molecule has 3 N–H and O–H groups in total. The summed E-state index contributed by atoms with van der Waals surface area (Å²) in [5.74, 6) is -12.6. The molecule has 0 bridgehead atoms. The minimum Gasteiger partial charge on any atom is -0.507 e. The minimum absolute atomic E-state index is 0.236. The number of hydrogen-bond acceptors (Lipinski definition) is 7. The van der Waals surface area contributed by atoms with E-state index < -0.39 is 91.7 Å². The van der Waals surface area contributed by atoms with Crippen LogP contribution >= 0.6 is 0 Å². The van der Waals surface area contributed by atoms with Gasteiger partial charge in [0.2, 0.25) is 0 Å². The minimum atomic E-state index is -4.59. The van der Waals surface area contributed by atoms with Crippen LogP contribution in [-0.2, 0) is 21.1 Å². The van der Waals surface area contributed by atoms with Gasteiger partial charge in [-0.25, -0.2) is 13.2 Å². The average Bonchev–Trinajstić information content (AvgIpc) is 3.10. The van der Waals surface area contributed by atoms with Crippen molar-refractivity contribution in [2.75, 3.05) is 7.11 Å². The smallest absolute Gasteiger partial charge is 0.355 e. The van der Waals surface area contributed by atoms with Crippen LogP contribution in [0.3, 0.4) is 0 Å². The number of aliphatic hydroxyl groups excluding tert-OH is 1. The fraction of sp³-hybridized carbons (Fsp3) is 0.208. The van der Waals surface area contributed by atoms with Gasteiger partial charge in [0, 0.05) is 12.1 Å². The molecular weight excluding hydrogens is 509 g/mol. The van der Waals surface area contributed by atoms with Crippen molar-refractivity contribution < 1.29 is 56.0 Å². The molecule has 0 spiro atoms. The topological polar surface area (TPSA) is 122 Å². The number of fused-ring (bicyclic) bond motifs is 3. The number of halogens is 5. The molecule has 0 radical (unpaired) electrons. The van der Waals surface area contributed by atoms with Gasteiger partial charge in [0.1, 0.15) is 39.6 Å². The summed E-state index contributed by atoms with van der Waals surface area (Å²) in [7, 11) is 1.01. The normalized spacial score (nSPS) is 18.6. The van der Waals surface area contributed by atoms with Crippen LogP contribution in [0.15, 0.2) is 41.4 Å². The largest absolute Gasteiger partial charge is 0.507 e. The van der Waals surface area contributed by atoms with Gasteiger partial charge < -0.3 is 19.7 Å². The van der Waals surface area contributed by atoms with Crippen molar-refractivity contribution in [2.24, 2.45) is 0 Å². The van der Waals surface area contributed by atoms with E-state index in [1.165, 1.54) is 12.2 Å². The van der Waals surface area contributed by atoms with Crippen molar-refractivity contribution in [3.63, 3.8) is 0 Å². The summed E-state index contributed by atoms with van der Waals surface area (Å²) >= 11 is 0. The molecule has 8 nitrogen and oxygen atoms in total. The second kappa shape index (κ2) is 8.32. The van der Waals surface area contributed by atoms with Crippen LogP contribution in [0.1, 0.15) is 35.3 Å². The fourth-order valence-corrected chi connectivity index (χ4v) is 4.26. The predicted molar refractivity (Wildman–Crippen MR) is 114 cm³/mol. The number of aromatic hydroxyl groups is 1. The Morgan fingerprint density at radius 2 is 1.78 bits per heavy atom. The Hall–Kier alpha value is -4.42. The Morgan fingerprint density at radius 1 is 1.14 bits per heavy atom. The predicted octanol–water partition coefficient (Wildman–Crippen LogP) is 3.82. The molecule has 0 saturated carbocycles. The van der Waals surface area contributed by atoms with E-state index >= 15 is 0 Å². The molecule has 0 unspecified atom stereocenters.